The first kappa shape index (κ1) is 16.5. The van der Waals surface area contributed by atoms with Crippen molar-refractivity contribution in [1.29, 1.82) is 0 Å². The highest BCUT2D eigenvalue weighted by atomic mass is 16.5. The van der Waals surface area contributed by atoms with Crippen molar-refractivity contribution in [2.24, 2.45) is 5.10 Å². The smallest absolute Gasteiger partial charge is 0.289 e. The Balaban J connectivity index is 2.00. The minimum atomic E-state index is -0.364. The Labute approximate surface area is 135 Å². The molecule has 0 aliphatic heterocycles. The number of hydrazone groups is 1. The summed E-state index contributed by atoms with van der Waals surface area (Å²) in [5.74, 6) is 0.944. The van der Waals surface area contributed by atoms with E-state index in [1.54, 1.807) is 37.6 Å². The van der Waals surface area contributed by atoms with Gasteiger partial charge in [-0.15, -0.1) is 0 Å². The van der Waals surface area contributed by atoms with Gasteiger partial charge in [0, 0.05) is 6.20 Å². The first-order chi connectivity index (χ1) is 11.2. The van der Waals surface area contributed by atoms with E-state index in [9.17, 15) is 4.79 Å². The minimum Gasteiger partial charge on any atom is -0.493 e. The molecule has 2 rings (SSSR count). The van der Waals surface area contributed by atoms with Crippen LogP contribution < -0.4 is 14.9 Å². The number of methoxy groups -OCH3 is 1. The molecule has 120 valence electrons. The second kappa shape index (κ2) is 8.53. The Bertz CT molecular complexity index is 672. The molecule has 0 saturated carbocycles. The molecular formula is C17H19N3O3. The van der Waals surface area contributed by atoms with Crippen LogP contribution >= 0.6 is 0 Å². The Kier molecular flexibility index (Phi) is 6.11. The summed E-state index contributed by atoms with van der Waals surface area (Å²) < 4.78 is 10.9. The van der Waals surface area contributed by atoms with E-state index in [2.05, 4.69) is 15.5 Å². The summed E-state index contributed by atoms with van der Waals surface area (Å²) in [5, 5.41) is 3.92. The fourth-order valence-corrected chi connectivity index (χ4v) is 1.82. The molecule has 1 heterocycles. The van der Waals surface area contributed by atoms with Gasteiger partial charge >= 0.3 is 0 Å². The van der Waals surface area contributed by atoms with Crippen molar-refractivity contribution in [3.05, 3.63) is 53.9 Å². The lowest BCUT2D eigenvalue weighted by atomic mass is 10.2. The van der Waals surface area contributed by atoms with E-state index in [1.165, 1.54) is 6.21 Å². The van der Waals surface area contributed by atoms with Crippen LogP contribution in [0.15, 0.2) is 47.7 Å². The van der Waals surface area contributed by atoms with Gasteiger partial charge in [0.2, 0.25) is 0 Å². The number of nitrogens with one attached hydrogen (secondary N) is 1. The molecule has 6 nitrogen and oxygen atoms in total. The number of rotatable bonds is 7. The molecular weight excluding hydrogens is 294 g/mol. The number of ether oxygens (including phenoxy) is 2. The maximum Gasteiger partial charge on any atom is 0.289 e. The highest BCUT2D eigenvalue weighted by molar-refractivity contribution is 5.93. The van der Waals surface area contributed by atoms with E-state index >= 15 is 0 Å². The SMILES string of the molecule is CCCOc1ccc(/C=N/NC(=O)c2ccccn2)cc1OC. The van der Waals surface area contributed by atoms with E-state index < -0.39 is 0 Å². The Morgan fingerprint density at radius 1 is 1.30 bits per heavy atom. The summed E-state index contributed by atoms with van der Waals surface area (Å²) >= 11 is 0. The first-order valence-corrected chi connectivity index (χ1v) is 7.30. The molecule has 0 aliphatic rings. The molecule has 0 unspecified atom stereocenters. The number of pyridine rings is 1. The lowest BCUT2D eigenvalue weighted by Gasteiger charge is -2.10. The van der Waals surface area contributed by atoms with Crippen molar-refractivity contribution in [2.45, 2.75) is 13.3 Å². The van der Waals surface area contributed by atoms with Crippen LogP contribution in [0, 0.1) is 0 Å². The second-order valence-electron chi connectivity index (χ2n) is 4.67. The van der Waals surface area contributed by atoms with Gasteiger partial charge in [-0.2, -0.15) is 5.10 Å². The van der Waals surface area contributed by atoms with Crippen molar-refractivity contribution >= 4 is 12.1 Å². The average Bonchev–Trinajstić information content (AvgIpc) is 2.61. The third-order valence-electron chi connectivity index (χ3n) is 2.93. The summed E-state index contributed by atoms with van der Waals surface area (Å²) in [7, 11) is 1.58. The Morgan fingerprint density at radius 2 is 2.17 bits per heavy atom. The van der Waals surface area contributed by atoms with Crippen LogP contribution in [-0.4, -0.2) is 30.8 Å². The maximum atomic E-state index is 11.8. The van der Waals surface area contributed by atoms with Crippen LogP contribution in [0.2, 0.25) is 0 Å². The lowest BCUT2D eigenvalue weighted by Crippen LogP contribution is -2.18. The summed E-state index contributed by atoms with van der Waals surface area (Å²) in [6.07, 6.45) is 4.01. The average molecular weight is 313 g/mol. The molecule has 2 aromatic rings. The molecule has 0 radical (unpaired) electrons. The zero-order valence-electron chi connectivity index (χ0n) is 13.2. The quantitative estimate of drug-likeness (QED) is 0.630. The largest absolute Gasteiger partial charge is 0.493 e. The Morgan fingerprint density at radius 3 is 2.87 bits per heavy atom. The molecule has 1 aromatic heterocycles. The van der Waals surface area contributed by atoms with E-state index in [0.717, 1.165) is 12.0 Å². The van der Waals surface area contributed by atoms with Gasteiger partial charge in [0.05, 0.1) is 19.9 Å². The van der Waals surface area contributed by atoms with Crippen LogP contribution in [0.4, 0.5) is 0 Å². The molecule has 0 saturated heterocycles. The summed E-state index contributed by atoms with van der Waals surface area (Å²) in [6.45, 7) is 2.67. The van der Waals surface area contributed by atoms with Crippen LogP contribution in [0.1, 0.15) is 29.4 Å². The van der Waals surface area contributed by atoms with E-state index in [1.807, 2.05) is 19.1 Å². The molecule has 6 heteroatoms. The third kappa shape index (κ3) is 4.81. The fourth-order valence-electron chi connectivity index (χ4n) is 1.82. The normalized spacial score (nSPS) is 10.5. The number of hydrogen-bond donors (Lipinski definition) is 1. The molecule has 1 amide bonds. The highest BCUT2D eigenvalue weighted by Gasteiger charge is 2.06. The van der Waals surface area contributed by atoms with E-state index in [-0.39, 0.29) is 5.91 Å². The number of benzene rings is 1. The molecule has 0 atom stereocenters. The van der Waals surface area contributed by atoms with E-state index in [4.69, 9.17) is 9.47 Å². The van der Waals surface area contributed by atoms with Gasteiger partial charge in [-0.05, 0) is 42.3 Å². The first-order valence-electron chi connectivity index (χ1n) is 7.30. The van der Waals surface area contributed by atoms with Gasteiger partial charge in [0.15, 0.2) is 11.5 Å². The molecule has 1 N–H and O–H groups in total. The van der Waals surface area contributed by atoms with E-state index in [0.29, 0.717) is 23.8 Å². The number of amides is 1. The van der Waals surface area contributed by atoms with Crippen LogP contribution in [0.5, 0.6) is 11.5 Å². The molecule has 0 spiro atoms. The topological polar surface area (TPSA) is 72.8 Å². The van der Waals surface area contributed by atoms with Gasteiger partial charge in [0.25, 0.3) is 5.91 Å². The molecule has 23 heavy (non-hydrogen) atoms. The monoisotopic (exact) mass is 313 g/mol. The molecule has 0 fully saturated rings. The standard InChI is InChI=1S/C17H19N3O3/c1-3-10-23-15-8-7-13(11-16(15)22-2)12-19-20-17(21)14-6-4-5-9-18-14/h4-9,11-12H,3,10H2,1-2H3,(H,20,21)/b19-12+. The number of carbonyl (C=O) groups excluding carboxylic acids is 1. The number of nitrogens with zero attached hydrogens (tertiary/aromatic N) is 2. The Hall–Kier alpha value is -2.89. The molecule has 0 bridgehead atoms. The highest BCUT2D eigenvalue weighted by Crippen LogP contribution is 2.27. The van der Waals surface area contributed by atoms with Crippen molar-refractivity contribution in [2.75, 3.05) is 13.7 Å². The molecule has 0 aliphatic carbocycles. The van der Waals surface area contributed by atoms with Crippen molar-refractivity contribution in [3.8, 4) is 11.5 Å². The van der Waals surface area contributed by atoms with Crippen molar-refractivity contribution < 1.29 is 14.3 Å². The minimum absolute atomic E-state index is 0.311. The predicted octanol–water partition coefficient (Wildman–Crippen LogP) is 2.64. The molecule has 1 aromatic carbocycles. The van der Waals surface area contributed by atoms with Gasteiger partial charge in [-0.1, -0.05) is 13.0 Å². The number of hydrogen-bond acceptors (Lipinski definition) is 5. The number of carbonyl (C=O) groups is 1. The second-order valence-corrected chi connectivity index (χ2v) is 4.67. The van der Waals surface area contributed by atoms with Crippen molar-refractivity contribution in [3.63, 3.8) is 0 Å². The predicted molar refractivity (Wildman–Crippen MR) is 88.1 cm³/mol. The third-order valence-corrected chi connectivity index (χ3v) is 2.93. The summed E-state index contributed by atoms with van der Waals surface area (Å²) in [4.78, 5) is 15.7. The van der Waals surface area contributed by atoms with Gasteiger partial charge in [-0.25, -0.2) is 5.43 Å². The summed E-state index contributed by atoms with van der Waals surface area (Å²) in [5.41, 5.74) is 3.52. The van der Waals surface area contributed by atoms with Crippen LogP contribution in [0.3, 0.4) is 0 Å². The maximum absolute atomic E-state index is 11.8. The van der Waals surface area contributed by atoms with Gasteiger partial charge < -0.3 is 9.47 Å². The van der Waals surface area contributed by atoms with Gasteiger partial charge in [-0.3, -0.25) is 9.78 Å². The zero-order chi connectivity index (χ0) is 16.5. The summed E-state index contributed by atoms with van der Waals surface area (Å²) in [6, 6.07) is 10.6. The number of aromatic nitrogens is 1. The van der Waals surface area contributed by atoms with Gasteiger partial charge in [0.1, 0.15) is 5.69 Å². The van der Waals surface area contributed by atoms with Crippen LogP contribution in [0.25, 0.3) is 0 Å². The lowest BCUT2D eigenvalue weighted by molar-refractivity contribution is 0.0950. The van der Waals surface area contributed by atoms with Crippen molar-refractivity contribution in [1.82, 2.24) is 10.4 Å². The fraction of sp³-hybridized carbons (Fsp3) is 0.235. The van der Waals surface area contributed by atoms with Crippen LogP contribution in [-0.2, 0) is 0 Å². The zero-order valence-corrected chi connectivity index (χ0v) is 13.2.